The second kappa shape index (κ2) is 5.94. The van der Waals surface area contributed by atoms with E-state index in [9.17, 15) is 9.18 Å². The molecule has 110 valence electrons. The van der Waals surface area contributed by atoms with Crippen LogP contribution >= 0.6 is 0 Å². The normalized spacial score (nSPS) is 18.1. The predicted molar refractivity (Wildman–Crippen MR) is 79.3 cm³/mol. The van der Waals surface area contributed by atoms with Crippen LogP contribution in [0.3, 0.4) is 0 Å². The van der Waals surface area contributed by atoms with Gasteiger partial charge < -0.3 is 4.90 Å². The number of nitrogens with zero attached hydrogens (tertiary/aromatic N) is 1. The molecule has 1 heterocycles. The van der Waals surface area contributed by atoms with E-state index < -0.39 is 0 Å². The Morgan fingerprint density at radius 3 is 2.35 bits per heavy atom. The van der Waals surface area contributed by atoms with Crippen molar-refractivity contribution in [2.45, 2.75) is 46.5 Å². The van der Waals surface area contributed by atoms with E-state index >= 15 is 0 Å². The molecule has 0 bridgehead atoms. The number of rotatable bonds is 3. The number of amides is 1. The van der Waals surface area contributed by atoms with E-state index in [1.54, 1.807) is 19.1 Å². The molecule has 1 amide bonds. The van der Waals surface area contributed by atoms with Gasteiger partial charge >= 0.3 is 0 Å². The first kappa shape index (κ1) is 15.0. The summed E-state index contributed by atoms with van der Waals surface area (Å²) >= 11 is 0. The highest BCUT2D eigenvalue weighted by Gasteiger charge is 2.33. The molecule has 0 saturated carbocycles. The molecule has 0 unspecified atom stereocenters. The van der Waals surface area contributed by atoms with E-state index in [2.05, 4.69) is 13.8 Å². The molecule has 1 saturated heterocycles. The number of halogens is 1. The van der Waals surface area contributed by atoms with Crippen molar-refractivity contribution in [3.8, 4) is 0 Å². The number of benzene rings is 1. The standard InChI is InChI=1S/C17H24FNO/c1-4-17(5-2)8-10-19(11-9-17)16(20)14-6-7-15(18)13(3)12-14/h6-7,12H,4-5,8-11H2,1-3H3. The Balaban J connectivity index is 2.06. The van der Waals surface area contributed by atoms with Gasteiger partial charge in [0, 0.05) is 18.7 Å². The van der Waals surface area contributed by atoms with Crippen LogP contribution < -0.4 is 0 Å². The lowest BCUT2D eigenvalue weighted by atomic mass is 9.74. The van der Waals surface area contributed by atoms with E-state index in [1.165, 1.54) is 18.9 Å². The van der Waals surface area contributed by atoms with Crippen molar-refractivity contribution in [1.29, 1.82) is 0 Å². The number of hydrogen-bond donors (Lipinski definition) is 0. The number of aryl methyl sites for hydroxylation is 1. The molecule has 0 spiro atoms. The van der Waals surface area contributed by atoms with Crippen LogP contribution in [0, 0.1) is 18.2 Å². The Morgan fingerprint density at radius 2 is 1.85 bits per heavy atom. The predicted octanol–water partition coefficient (Wildman–Crippen LogP) is 4.18. The number of hydrogen-bond acceptors (Lipinski definition) is 1. The van der Waals surface area contributed by atoms with Gasteiger partial charge in [0.05, 0.1) is 0 Å². The van der Waals surface area contributed by atoms with Crippen LogP contribution in [0.5, 0.6) is 0 Å². The Hall–Kier alpha value is -1.38. The largest absolute Gasteiger partial charge is 0.339 e. The van der Waals surface area contributed by atoms with Crippen LogP contribution in [-0.2, 0) is 0 Å². The zero-order valence-corrected chi connectivity index (χ0v) is 12.7. The van der Waals surface area contributed by atoms with Gasteiger partial charge in [-0.2, -0.15) is 0 Å². The average molecular weight is 277 g/mol. The summed E-state index contributed by atoms with van der Waals surface area (Å²) in [6.45, 7) is 7.81. The fourth-order valence-electron chi connectivity index (χ4n) is 3.10. The summed E-state index contributed by atoms with van der Waals surface area (Å²) < 4.78 is 13.3. The second-order valence-corrected chi connectivity index (χ2v) is 5.96. The highest BCUT2D eigenvalue weighted by atomic mass is 19.1. The molecule has 2 nitrogen and oxygen atoms in total. The summed E-state index contributed by atoms with van der Waals surface area (Å²) in [6, 6.07) is 4.63. The minimum atomic E-state index is -0.254. The van der Waals surface area contributed by atoms with E-state index in [0.717, 1.165) is 25.9 Å². The Labute approximate surface area is 121 Å². The molecule has 1 aromatic rings. The van der Waals surface area contributed by atoms with Crippen molar-refractivity contribution in [3.63, 3.8) is 0 Å². The highest BCUT2D eigenvalue weighted by Crippen LogP contribution is 2.38. The molecule has 0 radical (unpaired) electrons. The van der Waals surface area contributed by atoms with Gasteiger partial charge in [0.1, 0.15) is 5.82 Å². The lowest BCUT2D eigenvalue weighted by molar-refractivity contribution is 0.0557. The van der Waals surface area contributed by atoms with Gasteiger partial charge in [0.2, 0.25) is 0 Å². The van der Waals surface area contributed by atoms with Crippen molar-refractivity contribution in [2.24, 2.45) is 5.41 Å². The van der Waals surface area contributed by atoms with Crippen LogP contribution in [0.4, 0.5) is 4.39 Å². The number of carbonyl (C=O) groups is 1. The highest BCUT2D eigenvalue weighted by molar-refractivity contribution is 5.94. The van der Waals surface area contributed by atoms with Gasteiger partial charge in [0.15, 0.2) is 0 Å². The van der Waals surface area contributed by atoms with Gasteiger partial charge in [-0.15, -0.1) is 0 Å². The first-order valence-electron chi connectivity index (χ1n) is 7.57. The van der Waals surface area contributed by atoms with Crippen molar-refractivity contribution in [2.75, 3.05) is 13.1 Å². The monoisotopic (exact) mass is 277 g/mol. The Kier molecular flexibility index (Phi) is 4.46. The molecule has 1 aliphatic heterocycles. The van der Waals surface area contributed by atoms with E-state index in [4.69, 9.17) is 0 Å². The van der Waals surface area contributed by atoms with E-state index in [-0.39, 0.29) is 11.7 Å². The summed E-state index contributed by atoms with van der Waals surface area (Å²) in [5.41, 5.74) is 1.55. The number of carbonyl (C=O) groups excluding carboxylic acids is 1. The third kappa shape index (κ3) is 2.87. The summed E-state index contributed by atoms with van der Waals surface area (Å²) in [5, 5.41) is 0. The minimum Gasteiger partial charge on any atom is -0.339 e. The fraction of sp³-hybridized carbons (Fsp3) is 0.588. The van der Waals surface area contributed by atoms with Gasteiger partial charge in [-0.05, 0) is 48.9 Å². The Bertz CT molecular complexity index is 484. The molecule has 1 aromatic carbocycles. The van der Waals surface area contributed by atoms with Crippen molar-refractivity contribution >= 4 is 5.91 Å². The molecule has 2 rings (SSSR count). The second-order valence-electron chi connectivity index (χ2n) is 5.96. The average Bonchev–Trinajstić information content (AvgIpc) is 2.49. The molecular formula is C17H24FNO. The first-order valence-corrected chi connectivity index (χ1v) is 7.57. The van der Waals surface area contributed by atoms with Crippen LogP contribution in [0.2, 0.25) is 0 Å². The lowest BCUT2D eigenvalue weighted by Crippen LogP contribution is -2.42. The molecule has 1 aliphatic rings. The van der Waals surface area contributed by atoms with Crippen LogP contribution in [-0.4, -0.2) is 23.9 Å². The van der Waals surface area contributed by atoms with Crippen LogP contribution in [0.25, 0.3) is 0 Å². The molecule has 0 aliphatic carbocycles. The Morgan fingerprint density at radius 1 is 1.25 bits per heavy atom. The zero-order valence-electron chi connectivity index (χ0n) is 12.7. The fourth-order valence-corrected chi connectivity index (χ4v) is 3.10. The maximum Gasteiger partial charge on any atom is 0.253 e. The third-order valence-corrected chi connectivity index (χ3v) is 5.02. The van der Waals surface area contributed by atoms with E-state index in [1.807, 2.05) is 4.90 Å². The minimum absolute atomic E-state index is 0.0360. The molecule has 0 aromatic heterocycles. The SMILES string of the molecule is CCC1(CC)CCN(C(=O)c2ccc(F)c(C)c2)CC1. The first-order chi connectivity index (χ1) is 9.51. The topological polar surface area (TPSA) is 20.3 Å². The van der Waals surface area contributed by atoms with Gasteiger partial charge in [0.25, 0.3) is 5.91 Å². The van der Waals surface area contributed by atoms with Crippen molar-refractivity contribution in [3.05, 3.63) is 35.1 Å². The molecule has 1 fully saturated rings. The smallest absolute Gasteiger partial charge is 0.253 e. The summed E-state index contributed by atoms with van der Waals surface area (Å²) in [6.07, 6.45) is 4.51. The summed E-state index contributed by atoms with van der Waals surface area (Å²) in [5.74, 6) is -0.218. The van der Waals surface area contributed by atoms with Gasteiger partial charge in [-0.3, -0.25) is 4.79 Å². The van der Waals surface area contributed by atoms with Crippen molar-refractivity contribution < 1.29 is 9.18 Å². The number of piperidine rings is 1. The summed E-state index contributed by atoms with van der Waals surface area (Å²) in [4.78, 5) is 14.4. The summed E-state index contributed by atoms with van der Waals surface area (Å²) in [7, 11) is 0. The van der Waals surface area contributed by atoms with E-state index in [0.29, 0.717) is 16.5 Å². The van der Waals surface area contributed by atoms with Gasteiger partial charge in [-0.25, -0.2) is 4.39 Å². The maximum absolute atomic E-state index is 13.3. The van der Waals surface area contributed by atoms with Crippen LogP contribution in [0.1, 0.15) is 55.5 Å². The molecule has 3 heteroatoms. The zero-order chi connectivity index (χ0) is 14.8. The van der Waals surface area contributed by atoms with Crippen molar-refractivity contribution in [1.82, 2.24) is 4.90 Å². The third-order valence-electron chi connectivity index (χ3n) is 5.02. The lowest BCUT2D eigenvalue weighted by Gasteiger charge is -2.41. The van der Waals surface area contributed by atoms with Crippen LogP contribution in [0.15, 0.2) is 18.2 Å². The van der Waals surface area contributed by atoms with Gasteiger partial charge in [-0.1, -0.05) is 26.7 Å². The molecule has 20 heavy (non-hydrogen) atoms. The quantitative estimate of drug-likeness (QED) is 0.811. The molecule has 0 atom stereocenters. The maximum atomic E-state index is 13.3. The molecule has 0 N–H and O–H groups in total. The molecular weight excluding hydrogens is 253 g/mol. The number of likely N-dealkylation sites (tertiary alicyclic amines) is 1.